The predicted molar refractivity (Wildman–Crippen MR) is 64.7 cm³/mol. The van der Waals surface area contributed by atoms with Crippen molar-refractivity contribution in [1.29, 1.82) is 0 Å². The van der Waals surface area contributed by atoms with E-state index in [-0.39, 0.29) is 12.5 Å². The van der Waals surface area contributed by atoms with Gasteiger partial charge in [-0.05, 0) is 12.1 Å². The molecule has 1 heterocycles. The fourth-order valence-electron chi connectivity index (χ4n) is 1.53. The van der Waals surface area contributed by atoms with E-state index < -0.39 is 0 Å². The topological polar surface area (TPSA) is 44.1 Å². The Morgan fingerprint density at radius 2 is 2.24 bits per heavy atom. The maximum absolute atomic E-state index is 11.2. The zero-order valence-corrected chi connectivity index (χ0v) is 10.0. The van der Waals surface area contributed by atoms with E-state index in [4.69, 9.17) is 11.6 Å². The minimum Gasteiger partial charge on any atom is -0.468 e. The summed E-state index contributed by atoms with van der Waals surface area (Å²) in [6, 6.07) is 7.37. The lowest BCUT2D eigenvalue weighted by Crippen LogP contribution is -2.11. The van der Waals surface area contributed by atoms with Crippen LogP contribution in [0.5, 0.6) is 0 Å². The van der Waals surface area contributed by atoms with Crippen LogP contribution in [0.2, 0.25) is 5.02 Å². The second-order valence-corrected chi connectivity index (χ2v) is 3.84. The number of benzene rings is 1. The first kappa shape index (κ1) is 11.7. The van der Waals surface area contributed by atoms with Crippen LogP contribution in [-0.2, 0) is 16.1 Å². The Morgan fingerprint density at radius 1 is 1.47 bits per heavy atom. The number of nitrogens with zero attached hydrogens (tertiary/aromatic N) is 2. The predicted octanol–water partition coefficient (Wildman–Crippen LogP) is 2.38. The number of methoxy groups -OCH3 is 1. The van der Waals surface area contributed by atoms with Gasteiger partial charge in [0, 0.05) is 18.0 Å². The normalized spacial score (nSPS) is 10.2. The summed E-state index contributed by atoms with van der Waals surface area (Å²) in [6.45, 7) is 0.122. The standard InChI is InChI=1S/C12H11ClN2O2/c1-17-11(16)8-15-7-6-14-12(15)9-4-2-3-5-10(9)13/h2-7H,8H2,1H3. The molecule has 88 valence electrons. The molecule has 0 radical (unpaired) electrons. The summed E-state index contributed by atoms with van der Waals surface area (Å²) in [7, 11) is 1.36. The first-order chi connectivity index (χ1) is 8.22. The van der Waals surface area contributed by atoms with E-state index in [1.807, 2.05) is 18.2 Å². The lowest BCUT2D eigenvalue weighted by Gasteiger charge is -2.07. The van der Waals surface area contributed by atoms with Crippen molar-refractivity contribution >= 4 is 17.6 Å². The molecule has 0 unspecified atom stereocenters. The number of rotatable bonds is 3. The van der Waals surface area contributed by atoms with Gasteiger partial charge in [-0.15, -0.1) is 0 Å². The molecule has 0 saturated heterocycles. The van der Waals surface area contributed by atoms with Crippen LogP contribution in [0.3, 0.4) is 0 Å². The Morgan fingerprint density at radius 3 is 2.94 bits per heavy atom. The van der Waals surface area contributed by atoms with Crippen LogP contribution in [0.4, 0.5) is 0 Å². The van der Waals surface area contributed by atoms with Gasteiger partial charge in [0.1, 0.15) is 12.4 Å². The molecule has 0 spiro atoms. The second kappa shape index (κ2) is 5.01. The first-order valence-electron chi connectivity index (χ1n) is 5.05. The number of aromatic nitrogens is 2. The summed E-state index contributed by atoms with van der Waals surface area (Å²) in [5, 5.41) is 0.602. The molecule has 0 amide bonds. The van der Waals surface area contributed by atoms with Crippen LogP contribution >= 0.6 is 11.6 Å². The van der Waals surface area contributed by atoms with Gasteiger partial charge in [-0.25, -0.2) is 4.98 Å². The molecule has 0 atom stereocenters. The molecule has 2 rings (SSSR count). The Hall–Kier alpha value is -1.81. The molecule has 0 aliphatic carbocycles. The maximum atomic E-state index is 11.2. The van der Waals surface area contributed by atoms with E-state index in [1.54, 1.807) is 23.0 Å². The van der Waals surface area contributed by atoms with Gasteiger partial charge in [0.05, 0.1) is 12.1 Å². The second-order valence-electron chi connectivity index (χ2n) is 3.43. The average molecular weight is 251 g/mol. The quantitative estimate of drug-likeness (QED) is 0.786. The minimum atomic E-state index is -0.323. The van der Waals surface area contributed by atoms with Gasteiger partial charge in [-0.3, -0.25) is 4.79 Å². The Kier molecular flexibility index (Phi) is 3.44. The van der Waals surface area contributed by atoms with Crippen LogP contribution in [0, 0.1) is 0 Å². The van der Waals surface area contributed by atoms with Crippen LogP contribution in [0.15, 0.2) is 36.7 Å². The third-order valence-corrected chi connectivity index (χ3v) is 2.69. The number of esters is 1. The summed E-state index contributed by atoms with van der Waals surface area (Å²) >= 11 is 6.09. The van der Waals surface area contributed by atoms with Crippen LogP contribution in [0.25, 0.3) is 11.4 Å². The first-order valence-corrected chi connectivity index (χ1v) is 5.43. The van der Waals surface area contributed by atoms with E-state index in [0.29, 0.717) is 10.8 Å². The zero-order valence-electron chi connectivity index (χ0n) is 9.26. The van der Waals surface area contributed by atoms with Gasteiger partial charge in [0.2, 0.25) is 0 Å². The number of halogens is 1. The number of carbonyl (C=O) groups is 1. The van der Waals surface area contributed by atoms with Crippen molar-refractivity contribution < 1.29 is 9.53 Å². The van der Waals surface area contributed by atoms with Crippen molar-refractivity contribution in [2.75, 3.05) is 7.11 Å². The van der Waals surface area contributed by atoms with E-state index >= 15 is 0 Å². The highest BCUT2D eigenvalue weighted by Crippen LogP contribution is 2.25. The molecule has 0 N–H and O–H groups in total. The van der Waals surface area contributed by atoms with Crippen LogP contribution < -0.4 is 0 Å². The lowest BCUT2D eigenvalue weighted by molar-refractivity contribution is -0.141. The number of hydrogen-bond acceptors (Lipinski definition) is 3. The summed E-state index contributed by atoms with van der Waals surface area (Å²) in [5.41, 5.74) is 0.795. The molecule has 5 heteroatoms. The largest absolute Gasteiger partial charge is 0.468 e. The van der Waals surface area contributed by atoms with Crippen molar-refractivity contribution in [2.24, 2.45) is 0 Å². The van der Waals surface area contributed by atoms with Crippen molar-refractivity contribution in [2.45, 2.75) is 6.54 Å². The zero-order chi connectivity index (χ0) is 12.3. The van der Waals surface area contributed by atoms with E-state index in [2.05, 4.69) is 9.72 Å². The van der Waals surface area contributed by atoms with Gasteiger partial charge in [0.15, 0.2) is 0 Å². The van der Waals surface area contributed by atoms with Gasteiger partial charge in [-0.2, -0.15) is 0 Å². The molecule has 1 aromatic carbocycles. The molecule has 0 aliphatic rings. The number of carbonyl (C=O) groups excluding carboxylic acids is 1. The van der Waals surface area contributed by atoms with Crippen molar-refractivity contribution in [1.82, 2.24) is 9.55 Å². The van der Waals surface area contributed by atoms with Gasteiger partial charge >= 0.3 is 5.97 Å². The van der Waals surface area contributed by atoms with E-state index in [9.17, 15) is 4.79 Å². The Labute approximate surface area is 104 Å². The fraction of sp³-hybridized carbons (Fsp3) is 0.167. The third-order valence-electron chi connectivity index (χ3n) is 2.36. The molecule has 17 heavy (non-hydrogen) atoms. The smallest absolute Gasteiger partial charge is 0.325 e. The third kappa shape index (κ3) is 2.47. The van der Waals surface area contributed by atoms with Crippen LogP contribution in [0.1, 0.15) is 0 Å². The molecular formula is C12H11ClN2O2. The fourth-order valence-corrected chi connectivity index (χ4v) is 1.75. The molecule has 4 nitrogen and oxygen atoms in total. The van der Waals surface area contributed by atoms with Crippen molar-refractivity contribution in [3.8, 4) is 11.4 Å². The van der Waals surface area contributed by atoms with Crippen molar-refractivity contribution in [3.63, 3.8) is 0 Å². The molecule has 0 fully saturated rings. The SMILES string of the molecule is COC(=O)Cn1ccnc1-c1ccccc1Cl. The number of ether oxygens (including phenoxy) is 1. The molecule has 0 bridgehead atoms. The molecule has 1 aromatic heterocycles. The summed E-state index contributed by atoms with van der Waals surface area (Å²) in [5.74, 6) is 0.331. The molecule has 2 aromatic rings. The molecule has 0 aliphatic heterocycles. The summed E-state index contributed by atoms with van der Waals surface area (Å²) < 4.78 is 6.33. The Bertz CT molecular complexity index is 537. The molecular weight excluding hydrogens is 240 g/mol. The highest BCUT2D eigenvalue weighted by Gasteiger charge is 2.11. The lowest BCUT2D eigenvalue weighted by atomic mass is 10.2. The minimum absolute atomic E-state index is 0.122. The van der Waals surface area contributed by atoms with E-state index in [0.717, 1.165) is 5.56 Å². The van der Waals surface area contributed by atoms with Gasteiger partial charge < -0.3 is 9.30 Å². The highest BCUT2D eigenvalue weighted by atomic mass is 35.5. The number of imidazole rings is 1. The van der Waals surface area contributed by atoms with E-state index in [1.165, 1.54) is 7.11 Å². The van der Waals surface area contributed by atoms with Gasteiger partial charge in [-0.1, -0.05) is 23.7 Å². The van der Waals surface area contributed by atoms with Crippen LogP contribution in [-0.4, -0.2) is 22.6 Å². The Balaban J connectivity index is 2.37. The average Bonchev–Trinajstić information content (AvgIpc) is 2.77. The van der Waals surface area contributed by atoms with Crippen molar-refractivity contribution in [3.05, 3.63) is 41.7 Å². The number of hydrogen-bond donors (Lipinski definition) is 0. The monoisotopic (exact) mass is 250 g/mol. The summed E-state index contributed by atoms with van der Waals surface area (Å²) in [6.07, 6.45) is 3.34. The highest BCUT2D eigenvalue weighted by molar-refractivity contribution is 6.33. The maximum Gasteiger partial charge on any atom is 0.325 e. The summed E-state index contributed by atoms with van der Waals surface area (Å²) in [4.78, 5) is 15.4. The molecule has 0 saturated carbocycles. The van der Waals surface area contributed by atoms with Gasteiger partial charge in [0.25, 0.3) is 0 Å².